The lowest BCUT2D eigenvalue weighted by atomic mass is 10.0. The summed E-state index contributed by atoms with van der Waals surface area (Å²) in [6.07, 6.45) is 2.04. The fraction of sp³-hybridized carbons (Fsp3) is 0.609. The number of hydrogen-bond acceptors (Lipinski definition) is 7. The highest BCUT2D eigenvalue weighted by atomic mass is 32.2. The number of rotatable bonds is 6. The van der Waals surface area contributed by atoms with Gasteiger partial charge in [-0.1, -0.05) is 29.8 Å². The van der Waals surface area contributed by atoms with Crippen LogP contribution >= 0.6 is 0 Å². The van der Waals surface area contributed by atoms with Crippen molar-refractivity contribution in [1.82, 2.24) is 24.2 Å². The maximum absolute atomic E-state index is 13.2. The molecule has 3 atom stereocenters. The molecule has 0 radical (unpaired) electrons. The summed E-state index contributed by atoms with van der Waals surface area (Å²) in [5, 5.41) is 17.8. The van der Waals surface area contributed by atoms with Crippen molar-refractivity contribution in [3.05, 3.63) is 41.7 Å². The first kappa shape index (κ1) is 26.3. The number of aryl methyl sites for hydroxylation is 2. The molecule has 2 aromatic rings. The molecule has 1 N–H and O–H groups in total. The number of aliphatic hydroxyl groups is 1. The van der Waals surface area contributed by atoms with E-state index < -0.39 is 16.1 Å². The molecule has 0 bridgehead atoms. The number of ether oxygens (including phenoxy) is 1. The summed E-state index contributed by atoms with van der Waals surface area (Å²) in [5.74, 6) is -0.257. The molecule has 10 nitrogen and oxygen atoms in total. The average Bonchev–Trinajstić information content (AvgIpc) is 3.25. The second-order valence-electron chi connectivity index (χ2n) is 9.06. The molecule has 3 rings (SSSR count). The molecule has 0 fully saturated rings. The Morgan fingerprint density at radius 2 is 2.00 bits per heavy atom. The van der Waals surface area contributed by atoms with Crippen molar-refractivity contribution in [2.45, 2.75) is 63.8 Å². The van der Waals surface area contributed by atoms with Crippen LogP contribution in [0.1, 0.15) is 37.9 Å². The molecule has 0 saturated heterocycles. The third kappa shape index (κ3) is 6.21. The van der Waals surface area contributed by atoms with E-state index in [2.05, 4.69) is 10.3 Å². The fourth-order valence-corrected chi connectivity index (χ4v) is 5.17. The summed E-state index contributed by atoms with van der Waals surface area (Å²) in [6, 6.07) is 6.38. The van der Waals surface area contributed by atoms with Crippen molar-refractivity contribution in [2.75, 3.05) is 26.7 Å². The molecular formula is C23H35N5O5S. The number of benzene rings is 1. The monoisotopic (exact) mass is 493 g/mol. The Bertz CT molecular complexity index is 1060. The van der Waals surface area contributed by atoms with Crippen LogP contribution in [0.4, 0.5) is 0 Å². The van der Waals surface area contributed by atoms with E-state index in [1.54, 1.807) is 47.0 Å². The van der Waals surface area contributed by atoms with Crippen molar-refractivity contribution >= 4 is 15.9 Å². The number of carbonyl (C=O) groups is 1. The lowest BCUT2D eigenvalue weighted by molar-refractivity contribution is -0.136. The van der Waals surface area contributed by atoms with Crippen LogP contribution in [-0.4, -0.2) is 82.5 Å². The minimum atomic E-state index is -3.72. The van der Waals surface area contributed by atoms with Crippen molar-refractivity contribution in [2.24, 2.45) is 5.92 Å². The highest BCUT2D eigenvalue weighted by Crippen LogP contribution is 2.21. The molecule has 1 aromatic carbocycles. The first-order valence-corrected chi connectivity index (χ1v) is 13.0. The molecule has 0 aliphatic carbocycles. The van der Waals surface area contributed by atoms with Crippen molar-refractivity contribution < 1.29 is 23.1 Å². The Hall–Kier alpha value is -2.34. The SMILES string of the molecule is Cc1ccc(S(=O)(=O)N(C)C[C@H]2OCc3cnnn3CCCC(=O)N([C@@H](C)CO)C[C@@H]2C)cc1. The maximum atomic E-state index is 13.2. The summed E-state index contributed by atoms with van der Waals surface area (Å²) >= 11 is 0. The molecule has 1 aliphatic heterocycles. The van der Waals surface area contributed by atoms with Gasteiger partial charge < -0.3 is 14.7 Å². The van der Waals surface area contributed by atoms with Gasteiger partial charge in [-0.15, -0.1) is 5.10 Å². The minimum absolute atomic E-state index is 0.0602. The molecular weight excluding hydrogens is 458 g/mol. The van der Waals surface area contributed by atoms with E-state index in [0.29, 0.717) is 25.9 Å². The Morgan fingerprint density at radius 3 is 2.68 bits per heavy atom. The van der Waals surface area contributed by atoms with Crippen LogP contribution in [0.2, 0.25) is 0 Å². The Balaban J connectivity index is 1.86. The quantitative estimate of drug-likeness (QED) is 0.647. The van der Waals surface area contributed by atoms with Gasteiger partial charge in [0.15, 0.2) is 0 Å². The van der Waals surface area contributed by atoms with E-state index in [1.165, 1.54) is 11.4 Å². The number of carbonyl (C=O) groups excluding carboxylic acids is 1. The largest absolute Gasteiger partial charge is 0.394 e. The van der Waals surface area contributed by atoms with Crippen LogP contribution in [0.5, 0.6) is 0 Å². The zero-order valence-electron chi connectivity index (χ0n) is 20.3. The van der Waals surface area contributed by atoms with Crippen LogP contribution in [0.25, 0.3) is 0 Å². The van der Waals surface area contributed by atoms with Crippen LogP contribution in [-0.2, 0) is 32.7 Å². The predicted molar refractivity (Wildman–Crippen MR) is 126 cm³/mol. The smallest absolute Gasteiger partial charge is 0.242 e. The van der Waals surface area contributed by atoms with Gasteiger partial charge >= 0.3 is 0 Å². The number of aliphatic hydroxyl groups excluding tert-OH is 1. The van der Waals surface area contributed by atoms with Gasteiger partial charge in [0.1, 0.15) is 0 Å². The first-order chi connectivity index (χ1) is 16.1. The molecule has 0 unspecified atom stereocenters. The fourth-order valence-electron chi connectivity index (χ4n) is 3.99. The Labute approximate surface area is 201 Å². The normalized spacial score (nSPS) is 21.6. The number of amides is 1. The minimum Gasteiger partial charge on any atom is -0.394 e. The van der Waals surface area contributed by atoms with E-state index in [-0.39, 0.29) is 42.5 Å². The third-order valence-corrected chi connectivity index (χ3v) is 8.14. The molecule has 34 heavy (non-hydrogen) atoms. The number of nitrogens with zero attached hydrogens (tertiary/aromatic N) is 5. The predicted octanol–water partition coefficient (Wildman–Crippen LogP) is 1.43. The molecule has 0 spiro atoms. The van der Waals surface area contributed by atoms with Crippen molar-refractivity contribution in [3.63, 3.8) is 0 Å². The molecule has 1 amide bonds. The van der Waals surface area contributed by atoms with Gasteiger partial charge in [-0.3, -0.25) is 4.79 Å². The molecule has 1 aliphatic rings. The zero-order valence-corrected chi connectivity index (χ0v) is 21.1. The number of sulfonamides is 1. The van der Waals surface area contributed by atoms with Crippen molar-refractivity contribution in [3.8, 4) is 0 Å². The number of fused-ring (bicyclic) bond motifs is 1. The average molecular weight is 494 g/mol. The summed E-state index contributed by atoms with van der Waals surface area (Å²) < 4.78 is 35.6. The number of likely N-dealkylation sites (N-methyl/N-ethyl adjacent to an activating group) is 1. The summed E-state index contributed by atoms with van der Waals surface area (Å²) in [5.41, 5.74) is 1.75. The zero-order chi connectivity index (χ0) is 24.9. The third-order valence-electron chi connectivity index (χ3n) is 6.31. The highest BCUT2D eigenvalue weighted by Gasteiger charge is 2.31. The summed E-state index contributed by atoms with van der Waals surface area (Å²) in [4.78, 5) is 14.8. The van der Waals surface area contributed by atoms with E-state index in [4.69, 9.17) is 4.74 Å². The van der Waals surface area contributed by atoms with Crippen molar-refractivity contribution in [1.29, 1.82) is 0 Å². The van der Waals surface area contributed by atoms with Gasteiger partial charge in [-0.05, 0) is 32.4 Å². The standard InChI is InChI=1S/C23H35N5O5S/c1-17-7-9-21(10-8-17)34(31,32)26(4)14-22-18(2)13-27(19(3)15-29)23(30)6-5-11-28-20(16-33-22)12-24-25-28/h7-10,12,18-19,22,29H,5-6,11,13-16H2,1-4H3/t18-,19-,22+/m0/s1. The second kappa shape index (κ2) is 11.4. The van der Waals surface area contributed by atoms with E-state index in [0.717, 1.165) is 11.3 Å². The van der Waals surface area contributed by atoms with Crippen LogP contribution in [0, 0.1) is 12.8 Å². The van der Waals surface area contributed by atoms with Gasteiger partial charge in [-0.2, -0.15) is 4.31 Å². The first-order valence-electron chi connectivity index (χ1n) is 11.6. The topological polar surface area (TPSA) is 118 Å². The molecule has 0 saturated carbocycles. The Morgan fingerprint density at radius 1 is 1.29 bits per heavy atom. The molecule has 1 aromatic heterocycles. The van der Waals surface area contributed by atoms with Gasteiger partial charge in [0.05, 0.1) is 42.1 Å². The lowest BCUT2D eigenvalue weighted by Gasteiger charge is -2.35. The summed E-state index contributed by atoms with van der Waals surface area (Å²) in [6.45, 7) is 6.69. The van der Waals surface area contributed by atoms with Gasteiger partial charge in [0.2, 0.25) is 15.9 Å². The molecule has 2 heterocycles. The summed E-state index contributed by atoms with van der Waals surface area (Å²) in [7, 11) is -2.19. The maximum Gasteiger partial charge on any atom is 0.242 e. The lowest BCUT2D eigenvalue weighted by Crippen LogP contribution is -2.47. The van der Waals surface area contributed by atoms with Crippen LogP contribution in [0.3, 0.4) is 0 Å². The van der Waals surface area contributed by atoms with Crippen LogP contribution in [0.15, 0.2) is 35.4 Å². The molecule has 11 heteroatoms. The van der Waals surface area contributed by atoms with Gasteiger partial charge in [0.25, 0.3) is 0 Å². The van der Waals surface area contributed by atoms with E-state index in [1.807, 2.05) is 13.8 Å². The van der Waals surface area contributed by atoms with E-state index in [9.17, 15) is 18.3 Å². The number of aromatic nitrogens is 3. The molecule has 188 valence electrons. The number of hydrogen-bond donors (Lipinski definition) is 1. The second-order valence-corrected chi connectivity index (χ2v) is 11.1. The van der Waals surface area contributed by atoms with E-state index >= 15 is 0 Å². The van der Waals surface area contributed by atoms with Gasteiger partial charge in [0, 0.05) is 39.0 Å². The highest BCUT2D eigenvalue weighted by molar-refractivity contribution is 7.89. The van der Waals surface area contributed by atoms with Gasteiger partial charge in [-0.25, -0.2) is 13.1 Å². The van der Waals surface area contributed by atoms with Crippen LogP contribution < -0.4 is 0 Å². The Kier molecular flexibility index (Phi) is 8.80.